The topological polar surface area (TPSA) is 6.48 Å². The predicted octanol–water partition coefficient (Wildman–Crippen LogP) is 21.4. The van der Waals surface area contributed by atoms with Gasteiger partial charge in [0, 0.05) is 34.1 Å². The number of hydrogen-bond donors (Lipinski definition) is 0. The monoisotopic (exact) mass is 1070 g/mol. The lowest BCUT2D eigenvalue weighted by Gasteiger charge is -2.30. The van der Waals surface area contributed by atoms with Gasteiger partial charge in [-0.25, -0.2) is 0 Å². The van der Waals surface area contributed by atoms with E-state index >= 15 is 0 Å². The van der Waals surface area contributed by atoms with Crippen molar-refractivity contribution in [2.45, 2.75) is 38.5 Å². The summed E-state index contributed by atoms with van der Waals surface area (Å²) in [5, 5.41) is 24.8. The van der Waals surface area contributed by atoms with Crippen molar-refractivity contribution in [2.24, 2.45) is 0 Å². The second kappa shape index (κ2) is 17.6. The lowest BCUT2D eigenvalue weighted by molar-refractivity contribution is 0.977. The number of anilines is 6. The summed E-state index contributed by atoms with van der Waals surface area (Å²) in [5.41, 5.74) is 19.2. The Labute approximate surface area is 486 Å². The number of aryl methyl sites for hydroxylation is 5. The van der Waals surface area contributed by atoms with Gasteiger partial charge in [-0.2, -0.15) is 0 Å². The third-order valence-electron chi connectivity index (χ3n) is 19.7. The molecule has 0 amide bonds. The SMILES string of the molecule is C1=c2cccc3c2c(c2cccc4c(-c5c6cc(N7c8ccccc8CCc8ccccc87)ccc6c(-c6ccc7c8cccc9cccc(c%10cccc6c%107)c98)c6cc(N7c8ccccc8CCc8ccccc87)ccc56)ccc3c42)CC1. The Balaban J connectivity index is 0.992. The molecule has 2 heterocycles. The molecule has 0 fully saturated rings. The number of fused-ring (bicyclic) bond motifs is 10. The molecule has 0 unspecified atom stereocenters. The highest BCUT2D eigenvalue weighted by Crippen LogP contribution is 2.54. The summed E-state index contributed by atoms with van der Waals surface area (Å²) < 4.78 is 0. The van der Waals surface area contributed by atoms with Crippen molar-refractivity contribution in [1.29, 1.82) is 0 Å². The van der Waals surface area contributed by atoms with Gasteiger partial charge in [-0.05, 0) is 239 Å². The van der Waals surface area contributed by atoms with Crippen LogP contribution >= 0.6 is 0 Å². The summed E-state index contributed by atoms with van der Waals surface area (Å²) in [6.07, 6.45) is 8.47. The zero-order chi connectivity index (χ0) is 54.7. The minimum atomic E-state index is 0.983. The highest BCUT2D eigenvalue weighted by Gasteiger charge is 2.29. The van der Waals surface area contributed by atoms with Gasteiger partial charge < -0.3 is 9.80 Å². The molecule has 2 nitrogen and oxygen atoms in total. The summed E-state index contributed by atoms with van der Waals surface area (Å²) in [4.78, 5) is 5.12. The molecule has 0 aromatic heterocycles. The van der Waals surface area contributed by atoms with Gasteiger partial charge in [0.05, 0.1) is 0 Å². The minimum absolute atomic E-state index is 0.983. The number of rotatable bonds is 4. The Kier molecular flexibility index (Phi) is 9.72. The number of benzene rings is 16. The lowest BCUT2D eigenvalue weighted by Crippen LogP contribution is -2.12. The summed E-state index contributed by atoms with van der Waals surface area (Å²) in [6, 6.07) is 96.0. The highest BCUT2D eigenvalue weighted by molar-refractivity contribution is 6.36. The van der Waals surface area contributed by atoms with Gasteiger partial charge in [-0.3, -0.25) is 0 Å². The zero-order valence-corrected chi connectivity index (χ0v) is 46.4. The molecule has 0 atom stereocenters. The van der Waals surface area contributed by atoms with Crippen LogP contribution in [0.15, 0.2) is 249 Å². The molecular weight excluding hydrogens is 1010 g/mol. The predicted molar refractivity (Wildman–Crippen MR) is 358 cm³/mol. The van der Waals surface area contributed by atoms with Gasteiger partial charge in [0.15, 0.2) is 0 Å². The summed E-state index contributed by atoms with van der Waals surface area (Å²) in [7, 11) is 0. The summed E-state index contributed by atoms with van der Waals surface area (Å²) in [5.74, 6) is 0. The van der Waals surface area contributed by atoms with Crippen molar-refractivity contribution in [3.05, 3.63) is 282 Å². The number of nitrogens with zero attached hydrogens (tertiary/aromatic N) is 2. The van der Waals surface area contributed by atoms with E-state index in [0.717, 1.165) is 49.9 Å². The zero-order valence-electron chi connectivity index (χ0n) is 46.4. The highest BCUT2D eigenvalue weighted by atomic mass is 15.2. The van der Waals surface area contributed by atoms with Gasteiger partial charge in [0.25, 0.3) is 0 Å². The van der Waals surface area contributed by atoms with E-state index < -0.39 is 0 Å². The van der Waals surface area contributed by atoms with Crippen molar-refractivity contribution in [3.8, 4) is 22.3 Å². The fourth-order valence-electron chi connectivity index (χ4n) is 16.2. The fourth-order valence-corrected chi connectivity index (χ4v) is 16.2. The molecular formula is C82H54N2. The van der Waals surface area contributed by atoms with Gasteiger partial charge in [0.1, 0.15) is 0 Å². The fraction of sp³-hybridized carbons (Fsp3) is 0.0732. The average Bonchev–Trinajstić information content (AvgIpc) is 2.42. The lowest BCUT2D eigenvalue weighted by atomic mass is 9.80. The Morgan fingerprint density at radius 1 is 0.250 bits per heavy atom. The maximum atomic E-state index is 2.56. The van der Waals surface area contributed by atoms with Crippen LogP contribution in [0.1, 0.15) is 34.2 Å². The molecule has 2 aliphatic heterocycles. The van der Waals surface area contributed by atoms with Crippen LogP contribution in [0, 0.1) is 0 Å². The smallest absolute Gasteiger partial charge is 0.0493 e. The standard InChI is InChI=1S/C82H54N2/c1-5-31-73-49(15-1)35-36-50-16-2-6-32-74(50)83(73)55-39-41-69-71(47-55)81(67-45-43-65-59-25-11-21-53-19-9-23-57(77(53)59)61-27-13-29-63(67)79(61)65)70-42-40-56(84-75-33-7-3-17-51(75)37-38-52-18-4-8-34-76(52)84)48-72(70)82(69)68-46-44-66-60-26-12-22-54-20-10-24-58(78(54)60)62-28-14-30-64(68)80(62)66/h1-9,11-23,25-34,39-48H,10,24,35-38H2. The molecule has 2 heteroatoms. The summed E-state index contributed by atoms with van der Waals surface area (Å²) >= 11 is 0. The quantitative estimate of drug-likeness (QED) is 0.128. The van der Waals surface area contributed by atoms with Crippen LogP contribution in [-0.2, 0) is 32.1 Å². The second-order valence-electron chi connectivity index (χ2n) is 23.9. The minimum Gasteiger partial charge on any atom is -0.310 e. The molecule has 0 spiro atoms. The van der Waals surface area contributed by atoms with Gasteiger partial charge in [0.2, 0.25) is 0 Å². The normalized spacial score (nSPS) is 14.0. The molecule has 0 bridgehead atoms. The summed E-state index contributed by atoms with van der Waals surface area (Å²) in [6.45, 7) is 0. The second-order valence-corrected chi connectivity index (χ2v) is 23.9. The van der Waals surface area contributed by atoms with E-state index in [1.165, 1.54) is 175 Å². The molecule has 0 saturated heterocycles. The van der Waals surface area contributed by atoms with Crippen LogP contribution in [0.5, 0.6) is 0 Å². The van der Waals surface area contributed by atoms with Crippen LogP contribution < -0.4 is 15.0 Å². The Morgan fingerprint density at radius 3 is 1.13 bits per heavy atom. The van der Waals surface area contributed by atoms with Gasteiger partial charge in [-0.15, -0.1) is 0 Å². The van der Waals surface area contributed by atoms with Crippen molar-refractivity contribution in [3.63, 3.8) is 0 Å². The van der Waals surface area contributed by atoms with E-state index in [-0.39, 0.29) is 0 Å². The van der Waals surface area contributed by atoms with E-state index in [0.29, 0.717) is 0 Å². The molecule has 16 aromatic carbocycles. The van der Waals surface area contributed by atoms with Gasteiger partial charge in [-0.1, -0.05) is 206 Å². The molecule has 392 valence electrons. The molecule has 84 heavy (non-hydrogen) atoms. The Hall–Kier alpha value is -10.3. The molecule has 19 rings (SSSR count). The van der Waals surface area contributed by atoms with Crippen molar-refractivity contribution >= 4 is 137 Å². The first-order chi connectivity index (χ1) is 41.7. The van der Waals surface area contributed by atoms with Crippen LogP contribution in [0.2, 0.25) is 0 Å². The first-order valence-corrected chi connectivity index (χ1v) is 30.1. The first-order valence-electron chi connectivity index (χ1n) is 30.1. The Morgan fingerprint density at radius 2 is 0.631 bits per heavy atom. The molecule has 0 N–H and O–H groups in total. The average molecular weight is 1070 g/mol. The van der Waals surface area contributed by atoms with E-state index in [1.54, 1.807) is 0 Å². The van der Waals surface area contributed by atoms with Crippen molar-refractivity contribution in [1.82, 2.24) is 0 Å². The van der Waals surface area contributed by atoms with Crippen LogP contribution in [-0.4, -0.2) is 0 Å². The molecule has 0 saturated carbocycles. The van der Waals surface area contributed by atoms with Crippen molar-refractivity contribution in [2.75, 3.05) is 9.80 Å². The largest absolute Gasteiger partial charge is 0.310 e. The van der Waals surface area contributed by atoms with E-state index in [1.807, 2.05) is 0 Å². The van der Waals surface area contributed by atoms with Gasteiger partial charge >= 0.3 is 0 Å². The van der Waals surface area contributed by atoms with E-state index in [2.05, 4.69) is 265 Å². The van der Waals surface area contributed by atoms with E-state index in [4.69, 9.17) is 0 Å². The van der Waals surface area contributed by atoms with Crippen molar-refractivity contribution < 1.29 is 0 Å². The molecule has 0 radical (unpaired) electrons. The Bertz CT molecular complexity index is 5440. The maximum Gasteiger partial charge on any atom is 0.0493 e. The van der Waals surface area contributed by atoms with Crippen LogP contribution in [0.3, 0.4) is 0 Å². The van der Waals surface area contributed by atoms with Crippen LogP contribution in [0.4, 0.5) is 34.1 Å². The van der Waals surface area contributed by atoms with E-state index in [9.17, 15) is 0 Å². The third-order valence-corrected chi connectivity index (χ3v) is 19.7. The number of para-hydroxylation sites is 4. The van der Waals surface area contributed by atoms with Crippen LogP contribution in [0.25, 0.3) is 125 Å². The maximum absolute atomic E-state index is 2.56. The molecule has 16 aromatic rings. The number of hydrogen-bond acceptors (Lipinski definition) is 2. The third kappa shape index (κ3) is 6.46. The molecule has 3 aliphatic rings. The first kappa shape index (κ1) is 46.3. The molecule has 1 aliphatic carbocycles.